The molecule has 2 rings (SSSR count). The zero-order valence-corrected chi connectivity index (χ0v) is 12.0. The first kappa shape index (κ1) is 13.6. The van der Waals surface area contributed by atoms with Crippen molar-refractivity contribution in [2.45, 2.75) is 38.8 Å². The summed E-state index contributed by atoms with van der Waals surface area (Å²) in [5.41, 5.74) is 0. The van der Waals surface area contributed by atoms with Gasteiger partial charge in [-0.2, -0.15) is 0 Å². The molecule has 1 N–H and O–H groups in total. The van der Waals surface area contributed by atoms with E-state index in [2.05, 4.69) is 12.2 Å². The molecule has 1 fully saturated rings. The molecule has 1 aromatic heterocycles. The highest BCUT2D eigenvalue weighted by Crippen LogP contribution is 2.47. The summed E-state index contributed by atoms with van der Waals surface area (Å²) in [6.45, 7) is 4.67. The van der Waals surface area contributed by atoms with Crippen molar-refractivity contribution in [1.82, 2.24) is 5.32 Å². The molecule has 5 heteroatoms. The highest BCUT2D eigenvalue weighted by Gasteiger charge is 2.36. The van der Waals surface area contributed by atoms with E-state index < -0.39 is 9.84 Å². The Morgan fingerprint density at radius 3 is 2.72 bits per heavy atom. The third-order valence-corrected chi connectivity index (χ3v) is 4.44. The van der Waals surface area contributed by atoms with Crippen LogP contribution < -0.4 is 5.32 Å². The summed E-state index contributed by atoms with van der Waals surface area (Å²) < 4.78 is 28.0. The van der Waals surface area contributed by atoms with E-state index in [1.807, 2.05) is 19.1 Å². The van der Waals surface area contributed by atoms with Crippen LogP contribution in [0.25, 0.3) is 0 Å². The van der Waals surface area contributed by atoms with Crippen LogP contribution in [0.3, 0.4) is 0 Å². The first-order valence-electron chi connectivity index (χ1n) is 6.35. The van der Waals surface area contributed by atoms with Crippen LogP contribution in [0.4, 0.5) is 0 Å². The largest absolute Gasteiger partial charge is 0.464 e. The van der Waals surface area contributed by atoms with Gasteiger partial charge in [-0.15, -0.1) is 0 Å². The van der Waals surface area contributed by atoms with Crippen molar-refractivity contribution in [3.63, 3.8) is 0 Å². The molecule has 0 saturated heterocycles. The molecule has 1 aliphatic rings. The van der Waals surface area contributed by atoms with E-state index in [-0.39, 0.29) is 11.8 Å². The maximum Gasteiger partial charge on any atom is 0.148 e. The summed E-state index contributed by atoms with van der Waals surface area (Å²) in [6, 6.07) is 3.95. The number of hydrogen-bond donors (Lipinski definition) is 1. The summed E-state index contributed by atoms with van der Waals surface area (Å²) in [5.74, 6) is 3.42. The van der Waals surface area contributed by atoms with Crippen LogP contribution in [-0.4, -0.2) is 26.5 Å². The SMILES string of the molecule is CC(CS(C)(=O)=O)NCc1ccc(C2CC2C)o1. The zero-order valence-electron chi connectivity index (χ0n) is 11.1. The fourth-order valence-corrected chi connectivity index (χ4v) is 3.22. The smallest absolute Gasteiger partial charge is 0.148 e. The maximum absolute atomic E-state index is 11.1. The van der Waals surface area contributed by atoms with Crippen molar-refractivity contribution in [2.24, 2.45) is 5.92 Å². The summed E-state index contributed by atoms with van der Waals surface area (Å²) in [7, 11) is -2.93. The molecule has 0 spiro atoms. The zero-order chi connectivity index (χ0) is 13.3. The predicted octanol–water partition coefficient (Wildman–Crippen LogP) is 1.93. The normalized spacial score (nSPS) is 25.1. The van der Waals surface area contributed by atoms with E-state index >= 15 is 0 Å². The molecule has 1 saturated carbocycles. The van der Waals surface area contributed by atoms with Crippen molar-refractivity contribution in [3.05, 3.63) is 23.7 Å². The van der Waals surface area contributed by atoms with Gasteiger partial charge in [0.05, 0.1) is 12.3 Å². The molecule has 102 valence electrons. The van der Waals surface area contributed by atoms with Crippen molar-refractivity contribution in [1.29, 1.82) is 0 Å². The van der Waals surface area contributed by atoms with Crippen molar-refractivity contribution >= 4 is 9.84 Å². The van der Waals surface area contributed by atoms with Gasteiger partial charge in [-0.05, 0) is 31.4 Å². The van der Waals surface area contributed by atoms with E-state index in [0.717, 1.165) is 17.4 Å². The fraction of sp³-hybridized carbons (Fsp3) is 0.692. The van der Waals surface area contributed by atoms with Gasteiger partial charge in [0.2, 0.25) is 0 Å². The van der Waals surface area contributed by atoms with E-state index in [0.29, 0.717) is 12.5 Å². The van der Waals surface area contributed by atoms with Crippen LogP contribution >= 0.6 is 0 Å². The van der Waals surface area contributed by atoms with E-state index in [4.69, 9.17) is 4.42 Å². The molecule has 4 nitrogen and oxygen atoms in total. The Kier molecular flexibility index (Phi) is 3.82. The van der Waals surface area contributed by atoms with Crippen molar-refractivity contribution in [3.8, 4) is 0 Å². The van der Waals surface area contributed by atoms with Gasteiger partial charge >= 0.3 is 0 Å². The van der Waals surface area contributed by atoms with Crippen LogP contribution in [0.15, 0.2) is 16.5 Å². The molecule has 0 amide bonds. The maximum atomic E-state index is 11.1. The molecule has 3 atom stereocenters. The lowest BCUT2D eigenvalue weighted by Crippen LogP contribution is -2.32. The predicted molar refractivity (Wildman–Crippen MR) is 71.2 cm³/mol. The first-order valence-corrected chi connectivity index (χ1v) is 8.41. The number of nitrogens with one attached hydrogen (secondary N) is 1. The van der Waals surface area contributed by atoms with Crippen LogP contribution in [0.2, 0.25) is 0 Å². The van der Waals surface area contributed by atoms with Gasteiger partial charge in [-0.1, -0.05) is 6.92 Å². The molecular formula is C13H21NO3S. The van der Waals surface area contributed by atoms with Gasteiger partial charge in [-0.3, -0.25) is 0 Å². The second kappa shape index (κ2) is 5.05. The minimum absolute atomic E-state index is 0.0617. The molecule has 1 aliphatic carbocycles. The number of hydrogen-bond acceptors (Lipinski definition) is 4. The van der Waals surface area contributed by atoms with Gasteiger partial charge in [0.1, 0.15) is 21.4 Å². The quantitative estimate of drug-likeness (QED) is 0.859. The molecule has 1 aromatic rings. The lowest BCUT2D eigenvalue weighted by molar-refractivity contribution is 0.432. The number of rotatable bonds is 6. The minimum Gasteiger partial charge on any atom is -0.464 e. The summed E-state index contributed by atoms with van der Waals surface area (Å²) >= 11 is 0. The Morgan fingerprint density at radius 1 is 1.50 bits per heavy atom. The van der Waals surface area contributed by atoms with Crippen molar-refractivity contribution in [2.75, 3.05) is 12.0 Å². The Bertz CT molecular complexity index is 506. The average Bonchev–Trinajstić information content (AvgIpc) is 2.77. The molecule has 18 heavy (non-hydrogen) atoms. The Balaban J connectivity index is 1.81. The molecule has 0 bridgehead atoms. The lowest BCUT2D eigenvalue weighted by Gasteiger charge is -2.11. The Morgan fingerprint density at radius 2 is 2.17 bits per heavy atom. The van der Waals surface area contributed by atoms with E-state index in [1.165, 1.54) is 12.7 Å². The highest BCUT2D eigenvalue weighted by molar-refractivity contribution is 7.90. The van der Waals surface area contributed by atoms with E-state index in [9.17, 15) is 8.42 Å². The van der Waals surface area contributed by atoms with Crippen LogP contribution in [0, 0.1) is 5.92 Å². The number of furan rings is 1. The molecule has 1 heterocycles. The van der Waals surface area contributed by atoms with Gasteiger partial charge in [0.25, 0.3) is 0 Å². The second-order valence-electron chi connectivity index (χ2n) is 5.50. The van der Waals surface area contributed by atoms with Crippen LogP contribution in [0.5, 0.6) is 0 Å². The molecule has 0 radical (unpaired) electrons. The summed E-state index contributed by atoms with van der Waals surface area (Å²) in [4.78, 5) is 0. The average molecular weight is 271 g/mol. The van der Waals surface area contributed by atoms with Crippen LogP contribution in [-0.2, 0) is 16.4 Å². The monoisotopic (exact) mass is 271 g/mol. The number of sulfone groups is 1. The topological polar surface area (TPSA) is 59.3 Å². The third kappa shape index (κ3) is 3.85. The van der Waals surface area contributed by atoms with Gasteiger partial charge in [0, 0.05) is 18.2 Å². The summed E-state index contributed by atoms with van der Waals surface area (Å²) in [5, 5.41) is 3.17. The molecule has 0 aromatic carbocycles. The second-order valence-corrected chi connectivity index (χ2v) is 7.68. The molecule has 0 aliphatic heterocycles. The standard InChI is InChI=1S/C13H21NO3S/c1-9-6-12(9)13-5-4-11(17-13)7-14-10(2)8-18(3,15)16/h4-5,9-10,12,14H,6-8H2,1-3H3. The van der Waals surface area contributed by atoms with Gasteiger partial charge < -0.3 is 9.73 Å². The fourth-order valence-electron chi connectivity index (χ4n) is 2.20. The Labute approximate surface area is 109 Å². The Hall–Kier alpha value is -0.810. The minimum atomic E-state index is -2.93. The molecular weight excluding hydrogens is 250 g/mol. The van der Waals surface area contributed by atoms with Crippen molar-refractivity contribution < 1.29 is 12.8 Å². The third-order valence-electron chi connectivity index (χ3n) is 3.33. The van der Waals surface area contributed by atoms with E-state index in [1.54, 1.807) is 0 Å². The molecule has 3 unspecified atom stereocenters. The van der Waals surface area contributed by atoms with Gasteiger partial charge in [0.15, 0.2) is 0 Å². The highest BCUT2D eigenvalue weighted by atomic mass is 32.2. The first-order chi connectivity index (χ1) is 8.35. The lowest BCUT2D eigenvalue weighted by atomic mass is 10.3. The van der Waals surface area contributed by atoms with Gasteiger partial charge in [-0.25, -0.2) is 8.42 Å². The van der Waals surface area contributed by atoms with Crippen LogP contribution in [0.1, 0.15) is 37.7 Å². The summed E-state index contributed by atoms with van der Waals surface area (Å²) in [6.07, 6.45) is 2.47.